The van der Waals surface area contributed by atoms with Gasteiger partial charge in [-0.1, -0.05) is 40.3 Å². The minimum Gasteiger partial charge on any atom is -0.763 e. The molecule has 0 aromatic heterocycles. The second kappa shape index (κ2) is 4.92. The summed E-state index contributed by atoms with van der Waals surface area (Å²) in [5, 5.41) is 11.6. The lowest BCUT2D eigenvalue weighted by Crippen LogP contribution is -2.38. The molecular weight excluding hydrogens is 300 g/mol. The first-order valence-corrected chi connectivity index (χ1v) is 6.18. The number of thiocarbonyl (C=S) groups is 1. The molecule has 1 amide bonds. The van der Waals surface area contributed by atoms with Gasteiger partial charge in [0.1, 0.15) is 4.99 Å². The van der Waals surface area contributed by atoms with Crippen LogP contribution in [0.25, 0.3) is 5.41 Å². The SMILES string of the molecule is [N-]=C=C1C(=S)NC(=O)CC1c1ccc(Br)cc1. The van der Waals surface area contributed by atoms with Crippen LogP contribution in [0.4, 0.5) is 0 Å². The van der Waals surface area contributed by atoms with Gasteiger partial charge in [0.2, 0.25) is 5.91 Å². The molecule has 0 aliphatic carbocycles. The number of nitrogens with zero attached hydrogens (tertiary/aromatic N) is 1. The predicted molar refractivity (Wildman–Crippen MR) is 74.1 cm³/mol. The van der Waals surface area contributed by atoms with E-state index in [-0.39, 0.29) is 23.2 Å². The summed E-state index contributed by atoms with van der Waals surface area (Å²) in [6, 6.07) is 7.57. The summed E-state index contributed by atoms with van der Waals surface area (Å²) in [5.41, 5.74) is 1.39. The Bertz CT molecular complexity index is 532. The Labute approximate surface area is 113 Å². The summed E-state index contributed by atoms with van der Waals surface area (Å²) < 4.78 is 0.961. The maximum atomic E-state index is 11.5. The van der Waals surface area contributed by atoms with Gasteiger partial charge in [0.25, 0.3) is 0 Å². The highest BCUT2D eigenvalue weighted by molar-refractivity contribution is 9.10. The number of halogens is 1. The quantitative estimate of drug-likeness (QED) is 0.492. The molecule has 0 spiro atoms. The number of hydrogen-bond donors (Lipinski definition) is 1. The van der Waals surface area contributed by atoms with Gasteiger partial charge in [-0.2, -0.15) is 0 Å². The molecule has 1 aromatic rings. The van der Waals surface area contributed by atoms with E-state index in [0.717, 1.165) is 10.0 Å². The van der Waals surface area contributed by atoms with E-state index in [9.17, 15) is 4.79 Å². The van der Waals surface area contributed by atoms with Crippen molar-refractivity contribution in [3.8, 4) is 0 Å². The molecule has 1 unspecified atom stereocenters. The van der Waals surface area contributed by atoms with Crippen LogP contribution >= 0.6 is 28.1 Å². The van der Waals surface area contributed by atoms with E-state index in [2.05, 4.69) is 27.1 Å². The Morgan fingerprint density at radius 2 is 2.06 bits per heavy atom. The van der Waals surface area contributed by atoms with E-state index in [4.69, 9.17) is 17.6 Å². The molecule has 3 nitrogen and oxygen atoms in total. The van der Waals surface area contributed by atoms with Gasteiger partial charge in [-0.15, -0.1) is 0 Å². The lowest BCUT2D eigenvalue weighted by Gasteiger charge is -2.26. The minimum atomic E-state index is -0.227. The minimum absolute atomic E-state index is 0.137. The Hall–Kier alpha value is -1.29. The molecule has 1 fully saturated rings. The molecule has 1 aliphatic rings. The molecule has 1 aromatic carbocycles. The zero-order valence-corrected chi connectivity index (χ0v) is 11.1. The van der Waals surface area contributed by atoms with Gasteiger partial charge in [0.15, 0.2) is 0 Å². The maximum Gasteiger partial charge on any atom is 0.225 e. The molecule has 5 heteroatoms. The summed E-state index contributed by atoms with van der Waals surface area (Å²) in [6.45, 7) is 0. The maximum absolute atomic E-state index is 11.5. The Balaban J connectivity index is 2.41. The van der Waals surface area contributed by atoms with Gasteiger partial charge in [-0.05, 0) is 17.7 Å². The van der Waals surface area contributed by atoms with Crippen LogP contribution in [-0.2, 0) is 4.79 Å². The Kier molecular flexibility index (Phi) is 3.52. The molecule has 1 aliphatic heterocycles. The third kappa shape index (κ3) is 2.52. The Morgan fingerprint density at radius 1 is 1.41 bits per heavy atom. The molecule has 0 saturated carbocycles. The average Bonchev–Trinajstić information content (AvgIpc) is 2.29. The number of carbonyl (C=O) groups excluding carboxylic acids is 1. The van der Waals surface area contributed by atoms with Crippen molar-refractivity contribution in [2.24, 2.45) is 0 Å². The molecular formula is C12H8BrN2OS-. The van der Waals surface area contributed by atoms with E-state index in [0.29, 0.717) is 5.57 Å². The van der Waals surface area contributed by atoms with Gasteiger partial charge in [-0.25, -0.2) is 0 Å². The number of piperidine rings is 1. The largest absolute Gasteiger partial charge is 0.763 e. The molecule has 1 heterocycles. The van der Waals surface area contributed by atoms with Crippen LogP contribution in [0.15, 0.2) is 34.3 Å². The van der Waals surface area contributed by atoms with Crippen LogP contribution in [0.2, 0.25) is 0 Å². The first kappa shape index (κ1) is 12.2. The number of benzene rings is 1. The fraction of sp³-hybridized carbons (Fsp3) is 0.167. The van der Waals surface area contributed by atoms with Crippen molar-refractivity contribution < 1.29 is 4.79 Å². The molecule has 1 N–H and O–H groups in total. The van der Waals surface area contributed by atoms with Crippen LogP contribution in [0, 0.1) is 0 Å². The topological polar surface area (TPSA) is 51.4 Å². The average molecular weight is 308 g/mol. The fourth-order valence-corrected chi connectivity index (χ4v) is 2.37. The lowest BCUT2D eigenvalue weighted by molar-refractivity contribution is -0.120. The highest BCUT2D eigenvalue weighted by Crippen LogP contribution is 2.30. The normalized spacial score (nSPS) is 19.8. The van der Waals surface area contributed by atoms with E-state index in [1.165, 1.54) is 0 Å². The second-order valence-corrected chi connectivity index (χ2v) is 5.03. The molecule has 1 saturated heterocycles. The van der Waals surface area contributed by atoms with Gasteiger partial charge < -0.3 is 10.7 Å². The van der Waals surface area contributed by atoms with E-state index in [1.54, 1.807) is 0 Å². The van der Waals surface area contributed by atoms with E-state index in [1.807, 2.05) is 24.3 Å². The molecule has 2 rings (SSSR count). The molecule has 1 atom stereocenters. The van der Waals surface area contributed by atoms with Crippen LogP contribution in [0.5, 0.6) is 0 Å². The van der Waals surface area contributed by atoms with Gasteiger partial charge in [-0.3, -0.25) is 10.7 Å². The van der Waals surface area contributed by atoms with Crippen LogP contribution in [0.1, 0.15) is 17.9 Å². The highest BCUT2D eigenvalue weighted by atomic mass is 79.9. The summed E-state index contributed by atoms with van der Waals surface area (Å²) in [4.78, 5) is 11.7. The van der Waals surface area contributed by atoms with Crippen molar-refractivity contribution in [3.63, 3.8) is 0 Å². The number of rotatable bonds is 1. The molecule has 0 radical (unpaired) electrons. The number of hydrogen-bond acceptors (Lipinski definition) is 2. The van der Waals surface area contributed by atoms with Crippen molar-refractivity contribution in [2.45, 2.75) is 12.3 Å². The second-order valence-electron chi connectivity index (χ2n) is 3.71. The van der Waals surface area contributed by atoms with Crippen LogP contribution in [0.3, 0.4) is 0 Å². The third-order valence-electron chi connectivity index (χ3n) is 2.63. The number of amides is 1. The van der Waals surface area contributed by atoms with Crippen molar-refractivity contribution >= 4 is 44.9 Å². The standard InChI is InChI=1S/C12H8BrN2OS/c13-8-3-1-7(2-4-8)9-5-11(16)15-12(17)10(9)6-14/h1-4,9H,5H2,(H,15,16,17)/q-1. The van der Waals surface area contributed by atoms with Gasteiger partial charge >= 0.3 is 0 Å². The summed E-state index contributed by atoms with van der Waals surface area (Å²) in [7, 11) is 0. The van der Waals surface area contributed by atoms with Gasteiger partial charge in [0.05, 0.1) is 0 Å². The van der Waals surface area contributed by atoms with Crippen LogP contribution in [-0.4, -0.2) is 16.8 Å². The van der Waals surface area contributed by atoms with E-state index >= 15 is 0 Å². The first-order chi connectivity index (χ1) is 8.11. The van der Waals surface area contributed by atoms with Crippen molar-refractivity contribution in [1.29, 1.82) is 0 Å². The lowest BCUT2D eigenvalue weighted by atomic mass is 9.86. The summed E-state index contributed by atoms with van der Waals surface area (Å²) in [6.07, 6.45) is 0.269. The molecule has 17 heavy (non-hydrogen) atoms. The first-order valence-electron chi connectivity index (χ1n) is 4.98. The highest BCUT2D eigenvalue weighted by Gasteiger charge is 2.27. The fourth-order valence-electron chi connectivity index (χ4n) is 1.80. The predicted octanol–water partition coefficient (Wildman–Crippen LogP) is 2.55. The van der Waals surface area contributed by atoms with E-state index < -0.39 is 0 Å². The van der Waals surface area contributed by atoms with Crippen LogP contribution < -0.4 is 5.32 Å². The van der Waals surface area contributed by atoms with Gasteiger partial charge in [0, 0.05) is 22.4 Å². The molecule has 86 valence electrons. The van der Waals surface area contributed by atoms with Crippen molar-refractivity contribution in [1.82, 2.24) is 5.32 Å². The summed E-state index contributed by atoms with van der Waals surface area (Å²) >= 11 is 8.35. The summed E-state index contributed by atoms with van der Waals surface area (Å²) in [5.74, 6) is 1.72. The van der Waals surface area contributed by atoms with Crippen molar-refractivity contribution in [2.75, 3.05) is 0 Å². The Morgan fingerprint density at radius 3 is 2.65 bits per heavy atom. The van der Waals surface area contributed by atoms with Crippen molar-refractivity contribution in [3.05, 3.63) is 45.3 Å². The zero-order chi connectivity index (χ0) is 12.4. The zero-order valence-electron chi connectivity index (χ0n) is 8.74. The smallest absolute Gasteiger partial charge is 0.225 e. The monoisotopic (exact) mass is 307 g/mol. The number of nitrogens with one attached hydrogen (secondary N) is 1. The third-order valence-corrected chi connectivity index (χ3v) is 3.48. The molecule has 0 bridgehead atoms. The number of carbonyl (C=O) groups is 1.